The molecule has 0 saturated heterocycles. The lowest BCUT2D eigenvalue weighted by Gasteiger charge is -2.30. The van der Waals surface area contributed by atoms with Crippen molar-refractivity contribution in [2.45, 2.75) is 32.9 Å². The number of carbonyl (C=O) groups is 2. The molecule has 0 fully saturated rings. The van der Waals surface area contributed by atoms with Crippen molar-refractivity contribution in [1.29, 1.82) is 0 Å². The minimum atomic E-state index is -0.623. The fraction of sp³-hybridized carbons (Fsp3) is 0.333. The summed E-state index contributed by atoms with van der Waals surface area (Å²) in [5.41, 5.74) is 0.902. The van der Waals surface area contributed by atoms with Gasteiger partial charge in [-0.2, -0.15) is 0 Å². The number of likely N-dealkylation sites (N-methyl/N-ethyl adjacent to an activating group) is 1. The number of hydrogen-bond donors (Lipinski definition) is 1. The quantitative estimate of drug-likeness (QED) is 0.736. The highest BCUT2D eigenvalue weighted by atomic mass is 19.1. The van der Waals surface area contributed by atoms with Gasteiger partial charge in [0.25, 0.3) is 5.91 Å². The molecule has 2 aromatic carbocycles. The summed E-state index contributed by atoms with van der Waals surface area (Å²) in [4.78, 5) is 26.8. The number of halogens is 1. The average molecular weight is 372 g/mol. The first kappa shape index (κ1) is 20.4. The number of carbonyl (C=O) groups excluding carboxylic acids is 2. The van der Waals surface area contributed by atoms with Crippen LogP contribution in [0.15, 0.2) is 54.6 Å². The zero-order valence-electron chi connectivity index (χ0n) is 15.7. The number of nitrogens with one attached hydrogen (secondary N) is 1. The summed E-state index contributed by atoms with van der Waals surface area (Å²) in [6.45, 7) is 4.09. The predicted molar refractivity (Wildman–Crippen MR) is 102 cm³/mol. The van der Waals surface area contributed by atoms with E-state index in [1.807, 2.05) is 44.2 Å². The molecule has 1 unspecified atom stereocenters. The number of rotatable bonds is 9. The van der Waals surface area contributed by atoms with E-state index in [0.717, 1.165) is 5.56 Å². The van der Waals surface area contributed by atoms with E-state index in [4.69, 9.17) is 4.74 Å². The second kappa shape index (κ2) is 10.3. The molecule has 0 aliphatic heterocycles. The number of nitrogens with zero attached hydrogens (tertiary/aromatic N) is 1. The fourth-order valence-corrected chi connectivity index (χ4v) is 2.78. The average Bonchev–Trinajstić information content (AvgIpc) is 2.68. The number of ether oxygens (including phenoxy) is 1. The minimum absolute atomic E-state index is 0.0107. The molecule has 0 bridgehead atoms. The molecule has 27 heavy (non-hydrogen) atoms. The molecule has 2 amide bonds. The van der Waals surface area contributed by atoms with Gasteiger partial charge >= 0.3 is 0 Å². The monoisotopic (exact) mass is 372 g/mol. The maximum absolute atomic E-state index is 13.7. The molecule has 0 aromatic heterocycles. The summed E-state index contributed by atoms with van der Waals surface area (Å²) in [5.74, 6) is -1.11. The first-order chi connectivity index (χ1) is 13.1. The third-order valence-corrected chi connectivity index (χ3v) is 4.12. The van der Waals surface area contributed by atoms with E-state index in [9.17, 15) is 14.0 Å². The van der Waals surface area contributed by atoms with Gasteiger partial charge in [-0.05, 0) is 31.0 Å². The van der Waals surface area contributed by atoms with Crippen molar-refractivity contribution in [3.8, 4) is 5.75 Å². The highest BCUT2D eigenvalue weighted by molar-refractivity contribution is 5.88. The smallest absolute Gasteiger partial charge is 0.261 e. The fourth-order valence-electron chi connectivity index (χ4n) is 2.78. The molecule has 0 heterocycles. The van der Waals surface area contributed by atoms with E-state index >= 15 is 0 Å². The molecule has 144 valence electrons. The Morgan fingerprint density at radius 3 is 2.37 bits per heavy atom. The Labute approximate surface area is 159 Å². The highest BCUT2D eigenvalue weighted by Crippen LogP contribution is 2.17. The Balaban J connectivity index is 2.17. The van der Waals surface area contributed by atoms with Gasteiger partial charge in [0.2, 0.25) is 5.91 Å². The zero-order chi connectivity index (χ0) is 19.6. The van der Waals surface area contributed by atoms with Crippen LogP contribution in [-0.2, 0) is 16.1 Å². The van der Waals surface area contributed by atoms with Gasteiger partial charge < -0.3 is 15.0 Å². The Morgan fingerprint density at radius 1 is 1.07 bits per heavy atom. The molecule has 0 saturated carbocycles. The SMILES string of the molecule is CCNC(=O)C(CC)N(Cc1ccccc1)C(=O)COc1ccccc1F. The highest BCUT2D eigenvalue weighted by Gasteiger charge is 2.28. The van der Waals surface area contributed by atoms with Crippen molar-refractivity contribution in [2.75, 3.05) is 13.2 Å². The summed E-state index contributed by atoms with van der Waals surface area (Å²) in [6.07, 6.45) is 0.462. The lowest BCUT2D eigenvalue weighted by molar-refractivity contribution is -0.143. The van der Waals surface area contributed by atoms with Gasteiger partial charge in [-0.15, -0.1) is 0 Å². The van der Waals surface area contributed by atoms with Crippen LogP contribution in [0, 0.1) is 5.82 Å². The molecular weight excluding hydrogens is 347 g/mol. The molecule has 0 radical (unpaired) electrons. The molecule has 6 heteroatoms. The Bertz CT molecular complexity index is 752. The number of benzene rings is 2. The molecule has 1 N–H and O–H groups in total. The van der Waals surface area contributed by atoms with Crippen LogP contribution in [-0.4, -0.2) is 35.9 Å². The molecular formula is C21H25FN2O3. The molecule has 0 aliphatic carbocycles. The minimum Gasteiger partial charge on any atom is -0.481 e. The Hall–Kier alpha value is -2.89. The van der Waals surface area contributed by atoms with Crippen LogP contribution >= 0.6 is 0 Å². The summed E-state index contributed by atoms with van der Waals surface area (Å²) < 4.78 is 19.1. The second-order valence-electron chi connectivity index (χ2n) is 6.04. The number of para-hydroxylation sites is 1. The maximum Gasteiger partial charge on any atom is 0.261 e. The second-order valence-corrected chi connectivity index (χ2v) is 6.04. The van der Waals surface area contributed by atoms with Crippen LogP contribution in [0.3, 0.4) is 0 Å². The largest absolute Gasteiger partial charge is 0.481 e. The molecule has 5 nitrogen and oxygen atoms in total. The van der Waals surface area contributed by atoms with Crippen molar-refractivity contribution in [3.63, 3.8) is 0 Å². The van der Waals surface area contributed by atoms with Gasteiger partial charge in [-0.1, -0.05) is 49.4 Å². The normalized spacial score (nSPS) is 11.5. The van der Waals surface area contributed by atoms with E-state index in [-0.39, 0.29) is 30.7 Å². The predicted octanol–water partition coefficient (Wildman–Crippen LogP) is 3.15. The third kappa shape index (κ3) is 5.81. The topological polar surface area (TPSA) is 58.6 Å². The molecule has 2 aromatic rings. The van der Waals surface area contributed by atoms with Gasteiger partial charge in [0.15, 0.2) is 18.2 Å². The van der Waals surface area contributed by atoms with Crippen molar-refractivity contribution in [2.24, 2.45) is 0 Å². The van der Waals surface area contributed by atoms with E-state index in [2.05, 4.69) is 5.32 Å². The standard InChI is InChI=1S/C21H25FN2O3/c1-3-18(21(26)23-4-2)24(14-16-10-6-5-7-11-16)20(25)15-27-19-13-9-8-12-17(19)22/h5-13,18H,3-4,14-15H2,1-2H3,(H,23,26). The molecule has 1 atom stereocenters. The van der Waals surface area contributed by atoms with Gasteiger partial charge in [0.1, 0.15) is 6.04 Å². The summed E-state index contributed by atoms with van der Waals surface area (Å²) in [7, 11) is 0. The van der Waals surface area contributed by atoms with Gasteiger partial charge in [0.05, 0.1) is 0 Å². The maximum atomic E-state index is 13.7. The van der Waals surface area contributed by atoms with Crippen molar-refractivity contribution < 1.29 is 18.7 Å². The van der Waals surface area contributed by atoms with Crippen LogP contribution in [0.4, 0.5) is 4.39 Å². The van der Waals surface area contributed by atoms with E-state index in [1.165, 1.54) is 17.0 Å². The van der Waals surface area contributed by atoms with Crippen LogP contribution in [0.2, 0.25) is 0 Å². The van der Waals surface area contributed by atoms with Gasteiger partial charge in [0, 0.05) is 13.1 Å². The number of hydrogen-bond acceptors (Lipinski definition) is 3. The summed E-state index contributed by atoms with van der Waals surface area (Å²) >= 11 is 0. The van der Waals surface area contributed by atoms with E-state index in [0.29, 0.717) is 13.0 Å². The molecule has 0 spiro atoms. The van der Waals surface area contributed by atoms with Crippen molar-refractivity contribution in [3.05, 3.63) is 66.0 Å². The molecule has 0 aliphatic rings. The van der Waals surface area contributed by atoms with Crippen molar-refractivity contribution in [1.82, 2.24) is 10.2 Å². The molecule has 2 rings (SSSR count). The van der Waals surface area contributed by atoms with E-state index < -0.39 is 11.9 Å². The zero-order valence-corrected chi connectivity index (χ0v) is 15.7. The lowest BCUT2D eigenvalue weighted by Crippen LogP contribution is -2.50. The van der Waals surface area contributed by atoms with Crippen LogP contribution in [0.25, 0.3) is 0 Å². The lowest BCUT2D eigenvalue weighted by atomic mass is 10.1. The summed E-state index contributed by atoms with van der Waals surface area (Å²) in [6, 6.07) is 14.7. The van der Waals surface area contributed by atoms with Gasteiger partial charge in [-0.25, -0.2) is 4.39 Å². The first-order valence-corrected chi connectivity index (χ1v) is 9.05. The van der Waals surface area contributed by atoms with Crippen LogP contribution < -0.4 is 10.1 Å². The van der Waals surface area contributed by atoms with Crippen LogP contribution in [0.5, 0.6) is 5.75 Å². The Morgan fingerprint density at radius 2 is 1.74 bits per heavy atom. The van der Waals surface area contributed by atoms with Crippen LogP contribution in [0.1, 0.15) is 25.8 Å². The first-order valence-electron chi connectivity index (χ1n) is 9.05. The van der Waals surface area contributed by atoms with Gasteiger partial charge in [-0.3, -0.25) is 9.59 Å². The number of amides is 2. The van der Waals surface area contributed by atoms with E-state index in [1.54, 1.807) is 12.1 Å². The third-order valence-electron chi connectivity index (χ3n) is 4.12. The summed E-state index contributed by atoms with van der Waals surface area (Å²) in [5, 5.41) is 2.77. The van der Waals surface area contributed by atoms with Crippen molar-refractivity contribution >= 4 is 11.8 Å². The Kier molecular flexibility index (Phi) is 7.79.